The number of rotatable bonds is 2. The van der Waals surface area contributed by atoms with Crippen LogP contribution in [0.15, 0.2) is 59.7 Å². The molecule has 0 spiro atoms. The molecule has 0 aromatic heterocycles. The Morgan fingerprint density at radius 3 is 1.84 bits per heavy atom. The van der Waals surface area contributed by atoms with Gasteiger partial charge in [0, 0.05) is 11.1 Å². The van der Waals surface area contributed by atoms with E-state index in [1.807, 2.05) is 0 Å². The third-order valence-electron chi connectivity index (χ3n) is 7.82. The molecule has 0 heterocycles. The maximum Gasteiger partial charge on any atom is 0.127 e. The van der Waals surface area contributed by atoms with Crippen molar-refractivity contribution >= 4 is 0 Å². The molecule has 0 saturated heterocycles. The molecule has 2 atom stereocenters. The number of benzene rings is 2. The zero-order chi connectivity index (χ0) is 23.4. The van der Waals surface area contributed by atoms with Gasteiger partial charge in [-0.3, -0.25) is 0 Å². The van der Waals surface area contributed by atoms with Gasteiger partial charge in [0.1, 0.15) is 5.75 Å². The van der Waals surface area contributed by atoms with E-state index in [4.69, 9.17) is 0 Å². The van der Waals surface area contributed by atoms with Gasteiger partial charge in [-0.15, -0.1) is 0 Å². The minimum atomic E-state index is -0.124. The Morgan fingerprint density at radius 1 is 0.750 bits per heavy atom. The molecular weight excluding hydrogens is 388 g/mol. The van der Waals surface area contributed by atoms with E-state index < -0.39 is 0 Å². The highest BCUT2D eigenvalue weighted by Gasteiger charge is 2.38. The molecule has 1 N–H and O–H groups in total. The molecule has 2 unspecified atom stereocenters. The fourth-order valence-electron chi connectivity index (χ4n) is 5.75. The summed E-state index contributed by atoms with van der Waals surface area (Å²) in [5.74, 6) is 2.26. The number of phenolic OH excluding ortho intramolecular Hbond substituents is 1. The van der Waals surface area contributed by atoms with Crippen molar-refractivity contribution in [3.05, 3.63) is 76.4 Å². The fraction of sp³-hybridized carbons (Fsp3) is 0.484. The lowest BCUT2D eigenvalue weighted by Gasteiger charge is -2.28. The predicted octanol–water partition coefficient (Wildman–Crippen LogP) is 8.67. The van der Waals surface area contributed by atoms with Gasteiger partial charge in [-0.25, -0.2) is 0 Å². The quantitative estimate of drug-likeness (QED) is 0.507. The summed E-state index contributed by atoms with van der Waals surface area (Å²) in [6, 6.07) is 13.3. The minimum absolute atomic E-state index is 0.0174. The third kappa shape index (κ3) is 4.07. The van der Waals surface area contributed by atoms with Crippen molar-refractivity contribution in [1.82, 2.24) is 0 Å². The molecular formula is C31H40O. The molecule has 2 aliphatic carbocycles. The Labute approximate surface area is 195 Å². The van der Waals surface area contributed by atoms with E-state index in [-0.39, 0.29) is 10.8 Å². The van der Waals surface area contributed by atoms with Crippen molar-refractivity contribution in [3.63, 3.8) is 0 Å². The van der Waals surface area contributed by atoms with E-state index in [0.717, 1.165) is 11.1 Å². The molecule has 0 amide bonds. The van der Waals surface area contributed by atoms with Gasteiger partial charge in [-0.2, -0.15) is 0 Å². The van der Waals surface area contributed by atoms with Crippen LogP contribution in [0.1, 0.15) is 90.8 Å². The first-order valence-corrected chi connectivity index (χ1v) is 12.2. The maximum absolute atomic E-state index is 11.5. The average molecular weight is 429 g/mol. The largest absolute Gasteiger partial charge is 0.507 e. The van der Waals surface area contributed by atoms with Crippen LogP contribution in [0.25, 0.3) is 11.1 Å². The van der Waals surface area contributed by atoms with E-state index in [2.05, 4.69) is 104 Å². The number of phenols is 1. The maximum atomic E-state index is 11.5. The summed E-state index contributed by atoms with van der Waals surface area (Å²) in [6.07, 6.45) is 7.03. The first kappa shape index (κ1) is 22.9. The number of allylic oxidation sites excluding steroid dienone is 4. The minimum Gasteiger partial charge on any atom is -0.507 e. The van der Waals surface area contributed by atoms with Crippen molar-refractivity contribution < 1.29 is 5.11 Å². The van der Waals surface area contributed by atoms with E-state index in [0.29, 0.717) is 23.5 Å². The molecule has 2 aliphatic rings. The van der Waals surface area contributed by atoms with E-state index >= 15 is 0 Å². The second-order valence-corrected chi connectivity index (χ2v) is 12.2. The third-order valence-corrected chi connectivity index (χ3v) is 7.82. The van der Waals surface area contributed by atoms with Crippen LogP contribution in [0.4, 0.5) is 0 Å². The topological polar surface area (TPSA) is 20.2 Å². The summed E-state index contributed by atoms with van der Waals surface area (Å²) in [5.41, 5.74) is 8.84. The summed E-state index contributed by atoms with van der Waals surface area (Å²) in [5, 5.41) is 11.5. The molecule has 0 aliphatic heterocycles. The Bertz CT molecular complexity index is 1060. The second-order valence-electron chi connectivity index (χ2n) is 12.2. The summed E-state index contributed by atoms with van der Waals surface area (Å²) >= 11 is 0. The van der Waals surface area contributed by atoms with Gasteiger partial charge in [-0.1, -0.05) is 95.2 Å². The Hall–Kier alpha value is -2.28. The molecule has 1 nitrogen and oxygen atoms in total. The molecule has 2 aromatic rings. The van der Waals surface area contributed by atoms with Gasteiger partial charge in [0.15, 0.2) is 0 Å². The molecule has 1 fully saturated rings. The molecule has 0 radical (unpaired) electrons. The van der Waals surface area contributed by atoms with Gasteiger partial charge in [0.05, 0.1) is 0 Å². The normalized spacial score (nSPS) is 23.6. The summed E-state index contributed by atoms with van der Waals surface area (Å²) in [7, 11) is 0. The number of fused-ring (bicyclic) bond motifs is 1. The zero-order valence-electron chi connectivity index (χ0n) is 21.2. The van der Waals surface area contributed by atoms with E-state index in [1.165, 1.54) is 40.7 Å². The molecule has 1 saturated carbocycles. The summed E-state index contributed by atoms with van der Waals surface area (Å²) in [4.78, 5) is 0. The van der Waals surface area contributed by atoms with Crippen LogP contribution < -0.4 is 0 Å². The van der Waals surface area contributed by atoms with Crippen molar-refractivity contribution in [1.29, 1.82) is 0 Å². The molecule has 170 valence electrons. The zero-order valence-corrected chi connectivity index (χ0v) is 21.2. The lowest BCUT2D eigenvalue weighted by atomic mass is 9.77. The first-order valence-electron chi connectivity index (χ1n) is 12.2. The molecule has 4 rings (SSSR count). The Morgan fingerprint density at radius 2 is 1.31 bits per heavy atom. The molecule has 2 aromatic carbocycles. The van der Waals surface area contributed by atoms with Gasteiger partial charge >= 0.3 is 0 Å². The van der Waals surface area contributed by atoms with Crippen molar-refractivity contribution in [2.75, 3.05) is 0 Å². The fourth-order valence-corrected chi connectivity index (χ4v) is 5.75. The van der Waals surface area contributed by atoms with Gasteiger partial charge in [0.2, 0.25) is 0 Å². The number of aromatic hydroxyl groups is 1. The monoisotopic (exact) mass is 428 g/mol. The van der Waals surface area contributed by atoms with Crippen LogP contribution in [0.2, 0.25) is 0 Å². The first-order chi connectivity index (χ1) is 14.9. The smallest absolute Gasteiger partial charge is 0.127 e. The van der Waals surface area contributed by atoms with Crippen molar-refractivity contribution in [2.24, 2.45) is 11.8 Å². The van der Waals surface area contributed by atoms with Crippen molar-refractivity contribution in [2.45, 2.75) is 85.0 Å². The van der Waals surface area contributed by atoms with Crippen LogP contribution >= 0.6 is 0 Å². The average Bonchev–Trinajstić information content (AvgIpc) is 3.16. The lowest BCUT2D eigenvalue weighted by Crippen LogP contribution is -2.17. The molecule has 32 heavy (non-hydrogen) atoms. The van der Waals surface area contributed by atoms with Crippen LogP contribution in [0.3, 0.4) is 0 Å². The van der Waals surface area contributed by atoms with Gasteiger partial charge in [0.25, 0.3) is 0 Å². The van der Waals surface area contributed by atoms with Gasteiger partial charge < -0.3 is 5.11 Å². The van der Waals surface area contributed by atoms with Crippen LogP contribution in [-0.2, 0) is 10.8 Å². The highest BCUT2D eigenvalue weighted by atomic mass is 16.3. The molecule has 0 bridgehead atoms. The summed E-state index contributed by atoms with van der Waals surface area (Å²) in [6.45, 7) is 17.9. The highest BCUT2D eigenvalue weighted by molar-refractivity contribution is 5.77. The van der Waals surface area contributed by atoms with Crippen LogP contribution in [0.5, 0.6) is 5.75 Å². The SMILES string of the molecule is CC1=CC=C(C)C2CC(c3ccccc3-c3cc(C(C)(C)C)cc(C(C)(C)C)c3O)CC12. The second kappa shape index (κ2) is 7.94. The van der Waals surface area contributed by atoms with Crippen LogP contribution in [-0.4, -0.2) is 5.11 Å². The standard InChI is InChI=1S/C31H40O/c1-19-13-14-20(2)26-16-21(15-25(19)26)23-11-9-10-12-24(23)27-17-22(30(3,4)5)18-28(29(27)32)31(6,7)8/h9-14,17-18,21,25-26,32H,15-16H2,1-8H3. The van der Waals surface area contributed by atoms with Gasteiger partial charge in [-0.05, 0) is 78.0 Å². The number of hydrogen-bond acceptors (Lipinski definition) is 1. The molecule has 1 heteroatoms. The lowest BCUT2D eigenvalue weighted by molar-refractivity contribution is 0.446. The summed E-state index contributed by atoms with van der Waals surface area (Å²) < 4.78 is 0. The highest BCUT2D eigenvalue weighted by Crippen LogP contribution is 2.52. The number of hydrogen-bond donors (Lipinski definition) is 1. The van der Waals surface area contributed by atoms with Crippen molar-refractivity contribution in [3.8, 4) is 16.9 Å². The van der Waals surface area contributed by atoms with Crippen LogP contribution in [0, 0.1) is 11.8 Å². The Balaban J connectivity index is 1.85. The predicted molar refractivity (Wildman–Crippen MR) is 137 cm³/mol. The van der Waals surface area contributed by atoms with E-state index in [9.17, 15) is 5.11 Å². The Kier molecular flexibility index (Phi) is 5.68. The van der Waals surface area contributed by atoms with E-state index in [1.54, 1.807) is 0 Å².